The van der Waals surface area contributed by atoms with Crippen molar-refractivity contribution in [1.82, 2.24) is 0 Å². The number of aliphatic hydroxyl groups excluding tert-OH is 3. The molecule has 4 N–H and O–H groups in total. The van der Waals surface area contributed by atoms with Gasteiger partial charge in [-0.2, -0.15) is 0 Å². The Kier molecular flexibility index (Phi) is 4.45. The standard InChI is InChI=1S/C11H14O6/c1-17-6-2-3-7(11(15)16)8(4-6)10(14)9(13)5-12/h2-4,9-10,12-14H,5H2,1H3,(H,15,16). The van der Waals surface area contributed by atoms with Gasteiger partial charge >= 0.3 is 5.97 Å². The van der Waals surface area contributed by atoms with Crippen LogP contribution in [0, 0.1) is 0 Å². The van der Waals surface area contributed by atoms with Gasteiger partial charge in [0, 0.05) is 5.56 Å². The van der Waals surface area contributed by atoms with Gasteiger partial charge in [0.05, 0.1) is 19.3 Å². The van der Waals surface area contributed by atoms with Crippen molar-refractivity contribution in [2.75, 3.05) is 13.7 Å². The molecule has 0 spiro atoms. The third-order valence-electron chi connectivity index (χ3n) is 2.36. The summed E-state index contributed by atoms with van der Waals surface area (Å²) in [7, 11) is 1.40. The summed E-state index contributed by atoms with van der Waals surface area (Å²) in [6.45, 7) is -0.669. The molecule has 1 rings (SSSR count). The van der Waals surface area contributed by atoms with Crippen LogP contribution in [0.5, 0.6) is 5.75 Å². The zero-order valence-electron chi connectivity index (χ0n) is 9.20. The molecule has 6 heteroatoms. The molecular weight excluding hydrogens is 228 g/mol. The Labute approximate surface area is 97.7 Å². The Morgan fingerprint density at radius 1 is 1.41 bits per heavy atom. The minimum absolute atomic E-state index is 0.00148. The first-order valence-corrected chi connectivity index (χ1v) is 4.89. The third-order valence-corrected chi connectivity index (χ3v) is 2.36. The lowest BCUT2D eigenvalue weighted by Gasteiger charge is -2.18. The Hall–Kier alpha value is -1.63. The number of hydrogen-bond acceptors (Lipinski definition) is 5. The van der Waals surface area contributed by atoms with E-state index in [4.69, 9.17) is 14.9 Å². The number of carboxylic acids is 1. The van der Waals surface area contributed by atoms with E-state index in [1.54, 1.807) is 0 Å². The van der Waals surface area contributed by atoms with E-state index >= 15 is 0 Å². The average Bonchev–Trinajstić information content (AvgIpc) is 2.35. The molecule has 0 fully saturated rings. The molecule has 0 aliphatic rings. The second kappa shape index (κ2) is 5.62. The number of carbonyl (C=O) groups is 1. The summed E-state index contributed by atoms with van der Waals surface area (Å²) in [4.78, 5) is 10.9. The van der Waals surface area contributed by atoms with Crippen LogP contribution in [0.3, 0.4) is 0 Å². The molecule has 2 unspecified atom stereocenters. The maximum absolute atomic E-state index is 10.9. The number of methoxy groups -OCH3 is 1. The molecule has 1 aromatic rings. The maximum Gasteiger partial charge on any atom is 0.336 e. The largest absolute Gasteiger partial charge is 0.497 e. The highest BCUT2D eigenvalue weighted by Crippen LogP contribution is 2.25. The second-order valence-electron chi connectivity index (χ2n) is 3.45. The topological polar surface area (TPSA) is 107 Å². The van der Waals surface area contributed by atoms with E-state index in [1.165, 1.54) is 25.3 Å². The molecule has 0 aliphatic heterocycles. The van der Waals surface area contributed by atoms with Crippen LogP contribution in [-0.2, 0) is 0 Å². The highest BCUT2D eigenvalue weighted by molar-refractivity contribution is 5.89. The van der Waals surface area contributed by atoms with Crippen molar-refractivity contribution in [3.63, 3.8) is 0 Å². The molecular formula is C11H14O6. The lowest BCUT2D eigenvalue weighted by Crippen LogP contribution is -2.24. The number of rotatable bonds is 5. The zero-order valence-corrected chi connectivity index (χ0v) is 9.20. The van der Waals surface area contributed by atoms with E-state index < -0.39 is 24.8 Å². The molecule has 94 valence electrons. The minimum atomic E-state index is -1.48. The van der Waals surface area contributed by atoms with Crippen molar-refractivity contribution in [1.29, 1.82) is 0 Å². The summed E-state index contributed by atoms with van der Waals surface area (Å²) in [5, 5.41) is 36.7. The summed E-state index contributed by atoms with van der Waals surface area (Å²) in [6.07, 6.45) is -2.93. The first-order chi connectivity index (χ1) is 8.01. The van der Waals surface area contributed by atoms with Crippen LogP contribution in [0.1, 0.15) is 22.0 Å². The number of hydrogen-bond donors (Lipinski definition) is 4. The van der Waals surface area contributed by atoms with E-state index in [-0.39, 0.29) is 11.1 Å². The van der Waals surface area contributed by atoms with Gasteiger partial charge in [-0.05, 0) is 18.2 Å². The Morgan fingerprint density at radius 2 is 2.06 bits per heavy atom. The molecule has 1 aromatic carbocycles. The van der Waals surface area contributed by atoms with Gasteiger partial charge in [-0.15, -0.1) is 0 Å². The second-order valence-corrected chi connectivity index (χ2v) is 3.45. The van der Waals surface area contributed by atoms with Crippen LogP contribution in [0.15, 0.2) is 18.2 Å². The molecule has 0 radical (unpaired) electrons. The van der Waals surface area contributed by atoms with Gasteiger partial charge in [-0.25, -0.2) is 4.79 Å². The number of ether oxygens (including phenoxy) is 1. The summed E-state index contributed by atoms with van der Waals surface area (Å²) < 4.78 is 4.90. The van der Waals surface area contributed by atoms with Gasteiger partial charge in [0.15, 0.2) is 0 Å². The van der Waals surface area contributed by atoms with Crippen LogP contribution < -0.4 is 4.74 Å². The van der Waals surface area contributed by atoms with Crippen LogP contribution in [0.2, 0.25) is 0 Å². The predicted octanol–water partition coefficient (Wildman–Crippen LogP) is -0.220. The summed E-state index contributed by atoms with van der Waals surface area (Å²) in [6, 6.07) is 4.02. The van der Waals surface area contributed by atoms with E-state index in [0.717, 1.165) is 0 Å². The maximum atomic E-state index is 10.9. The normalized spacial score (nSPS) is 14.1. The fourth-order valence-corrected chi connectivity index (χ4v) is 1.41. The summed E-state index contributed by atoms with van der Waals surface area (Å²) >= 11 is 0. The highest BCUT2D eigenvalue weighted by atomic mass is 16.5. The SMILES string of the molecule is COc1ccc(C(=O)O)c(C(O)C(O)CO)c1. The monoisotopic (exact) mass is 242 g/mol. The molecule has 0 amide bonds. The van der Waals surface area contributed by atoms with E-state index in [1.807, 2.05) is 0 Å². The molecule has 0 aliphatic carbocycles. The molecule has 0 aromatic heterocycles. The van der Waals surface area contributed by atoms with Crippen LogP contribution >= 0.6 is 0 Å². The smallest absolute Gasteiger partial charge is 0.336 e. The van der Waals surface area contributed by atoms with E-state index in [9.17, 15) is 15.0 Å². The minimum Gasteiger partial charge on any atom is -0.497 e. The first kappa shape index (κ1) is 13.4. The van der Waals surface area contributed by atoms with E-state index in [0.29, 0.717) is 5.75 Å². The molecule has 0 saturated heterocycles. The molecule has 2 atom stereocenters. The van der Waals surface area contributed by atoms with Gasteiger partial charge in [0.1, 0.15) is 18.0 Å². The highest BCUT2D eigenvalue weighted by Gasteiger charge is 2.23. The van der Waals surface area contributed by atoms with Gasteiger partial charge in [0.25, 0.3) is 0 Å². The molecule has 0 heterocycles. The fourth-order valence-electron chi connectivity index (χ4n) is 1.41. The lowest BCUT2D eigenvalue weighted by atomic mass is 9.98. The zero-order chi connectivity index (χ0) is 13.0. The number of benzene rings is 1. The fraction of sp³-hybridized carbons (Fsp3) is 0.364. The van der Waals surface area contributed by atoms with Gasteiger partial charge < -0.3 is 25.2 Å². The Bertz CT molecular complexity index is 403. The summed E-state index contributed by atoms with van der Waals surface area (Å²) in [5.41, 5.74) is -0.149. The molecule has 0 bridgehead atoms. The predicted molar refractivity (Wildman–Crippen MR) is 58.0 cm³/mol. The van der Waals surface area contributed by atoms with Crippen molar-refractivity contribution in [2.45, 2.75) is 12.2 Å². The average molecular weight is 242 g/mol. The molecule has 6 nitrogen and oxygen atoms in total. The van der Waals surface area contributed by atoms with Gasteiger partial charge in [-0.3, -0.25) is 0 Å². The molecule has 17 heavy (non-hydrogen) atoms. The van der Waals surface area contributed by atoms with Crippen LogP contribution in [0.4, 0.5) is 0 Å². The number of aliphatic hydroxyl groups is 3. The summed E-state index contributed by atoms with van der Waals surface area (Å²) in [5.74, 6) is -0.874. The van der Waals surface area contributed by atoms with Crippen LogP contribution in [-0.4, -0.2) is 46.2 Å². The molecule has 0 saturated carbocycles. The van der Waals surface area contributed by atoms with Crippen molar-refractivity contribution >= 4 is 5.97 Å². The van der Waals surface area contributed by atoms with E-state index in [2.05, 4.69) is 0 Å². The lowest BCUT2D eigenvalue weighted by molar-refractivity contribution is -0.0158. The van der Waals surface area contributed by atoms with Crippen LogP contribution in [0.25, 0.3) is 0 Å². The van der Waals surface area contributed by atoms with Crippen molar-refractivity contribution < 1.29 is 30.0 Å². The van der Waals surface area contributed by atoms with Gasteiger partial charge in [-0.1, -0.05) is 0 Å². The third kappa shape index (κ3) is 2.94. The quantitative estimate of drug-likeness (QED) is 0.568. The van der Waals surface area contributed by atoms with Crippen molar-refractivity contribution in [3.8, 4) is 5.75 Å². The number of aromatic carboxylic acids is 1. The van der Waals surface area contributed by atoms with Crippen molar-refractivity contribution in [2.24, 2.45) is 0 Å². The number of carboxylic acid groups (broad SMARTS) is 1. The Morgan fingerprint density at radius 3 is 2.53 bits per heavy atom. The first-order valence-electron chi connectivity index (χ1n) is 4.89. The van der Waals surface area contributed by atoms with Gasteiger partial charge in [0.2, 0.25) is 0 Å². The Balaban J connectivity index is 3.21. The van der Waals surface area contributed by atoms with Crippen molar-refractivity contribution in [3.05, 3.63) is 29.3 Å².